The Labute approximate surface area is 223 Å². The molecule has 2 aromatic heterocycles. The van der Waals surface area contributed by atoms with Crippen LogP contribution in [-0.2, 0) is 0 Å². The third kappa shape index (κ3) is 5.27. The zero-order valence-electron chi connectivity index (χ0n) is 21.8. The van der Waals surface area contributed by atoms with Gasteiger partial charge in [0.2, 0.25) is 0 Å². The summed E-state index contributed by atoms with van der Waals surface area (Å²) in [6, 6.07) is 17.8. The van der Waals surface area contributed by atoms with Crippen LogP contribution in [0.2, 0.25) is 0 Å². The molecule has 2 N–H and O–H groups in total. The van der Waals surface area contributed by atoms with Crippen LogP contribution in [0.3, 0.4) is 0 Å². The Balaban J connectivity index is 1.24. The van der Waals surface area contributed by atoms with Gasteiger partial charge in [0, 0.05) is 38.4 Å². The summed E-state index contributed by atoms with van der Waals surface area (Å²) in [5, 5.41) is 23.8. The molecular weight excluding hydrogens is 478 g/mol. The smallest absolute Gasteiger partial charge is 0.255 e. The van der Waals surface area contributed by atoms with Gasteiger partial charge in [0.15, 0.2) is 0 Å². The number of hydrogen-bond donors (Lipinski definition) is 2. The molecule has 9 nitrogen and oxygen atoms in total. The largest absolute Gasteiger partial charge is 0.381 e. The predicted octanol–water partition coefficient (Wildman–Crippen LogP) is 3.33. The fraction of sp³-hybridized carbons (Fsp3) is 0.379. The molecule has 38 heavy (non-hydrogen) atoms. The van der Waals surface area contributed by atoms with Crippen molar-refractivity contribution >= 4 is 23.1 Å². The molecule has 9 heteroatoms. The number of aliphatic hydroxyl groups excluding tert-OH is 1. The highest BCUT2D eigenvalue weighted by atomic mass is 16.3. The van der Waals surface area contributed by atoms with E-state index >= 15 is 0 Å². The number of nitrogens with zero attached hydrogens (tertiary/aromatic N) is 6. The van der Waals surface area contributed by atoms with E-state index in [1.165, 1.54) is 0 Å². The molecule has 5 rings (SSSR count). The maximum absolute atomic E-state index is 13.5. The van der Waals surface area contributed by atoms with Crippen molar-refractivity contribution in [2.24, 2.45) is 0 Å². The highest BCUT2D eigenvalue weighted by Gasteiger charge is 2.31. The van der Waals surface area contributed by atoms with Crippen LogP contribution in [0, 0.1) is 25.2 Å². The van der Waals surface area contributed by atoms with Crippen molar-refractivity contribution in [2.75, 3.05) is 47.8 Å². The highest BCUT2D eigenvalue weighted by molar-refractivity contribution is 5.96. The minimum Gasteiger partial charge on any atom is -0.381 e. The Morgan fingerprint density at radius 1 is 1.05 bits per heavy atom. The molecule has 0 radical (unpaired) electrons. The Hall–Kier alpha value is -4.16. The Bertz CT molecular complexity index is 1330. The summed E-state index contributed by atoms with van der Waals surface area (Å²) in [7, 11) is 0. The van der Waals surface area contributed by atoms with Crippen LogP contribution in [-0.4, -0.2) is 70.9 Å². The zero-order valence-corrected chi connectivity index (χ0v) is 21.8. The number of benzene rings is 1. The molecule has 0 bridgehead atoms. The van der Waals surface area contributed by atoms with Crippen LogP contribution < -0.4 is 15.1 Å². The minimum atomic E-state index is -0.824. The number of aromatic nitrogens is 2. The number of para-hydroxylation sites is 1. The number of aryl methyl sites for hydroxylation is 2. The number of anilines is 3. The first kappa shape index (κ1) is 25.5. The fourth-order valence-electron chi connectivity index (χ4n) is 5.33. The number of carbonyl (C=O) groups is 1. The lowest BCUT2D eigenvalue weighted by molar-refractivity contribution is 0.0518. The van der Waals surface area contributed by atoms with Crippen molar-refractivity contribution in [3.05, 3.63) is 77.2 Å². The Morgan fingerprint density at radius 2 is 1.82 bits per heavy atom. The van der Waals surface area contributed by atoms with Crippen molar-refractivity contribution in [2.45, 2.75) is 39.0 Å². The van der Waals surface area contributed by atoms with Gasteiger partial charge in [-0.3, -0.25) is 9.78 Å². The molecule has 1 amide bonds. The normalized spacial score (nSPS) is 18.3. The first-order valence-electron chi connectivity index (χ1n) is 13.1. The van der Waals surface area contributed by atoms with E-state index in [4.69, 9.17) is 0 Å². The number of β-amino-alcohol motifs (C(OH)–C–C–N with tert-alkyl or cyclic N) is 1. The highest BCUT2D eigenvalue weighted by Crippen LogP contribution is 2.27. The standard InChI is InChI=1S/C29H33N7O2/c1-20-24(29(38)35-15-16-36(28(37)19-35)27-9-5-6-12-31-27)17-25(21(2)32-20)33-23-10-13-34(14-11-23)26-8-4-3-7-22(26)18-30/h3-9,12,17,23,28,33,37H,10-11,13-16,19H2,1-2H3. The quantitative estimate of drug-likeness (QED) is 0.537. The van der Waals surface area contributed by atoms with E-state index in [2.05, 4.69) is 26.3 Å². The summed E-state index contributed by atoms with van der Waals surface area (Å²) in [5.74, 6) is 0.578. The number of carbonyl (C=O) groups excluding carboxylic acids is 1. The van der Waals surface area contributed by atoms with Crippen molar-refractivity contribution in [3.63, 3.8) is 0 Å². The summed E-state index contributed by atoms with van der Waals surface area (Å²) < 4.78 is 0. The zero-order chi connectivity index (χ0) is 26.6. The number of nitrogens with one attached hydrogen (secondary N) is 1. The van der Waals surface area contributed by atoms with Crippen LogP contribution in [0.25, 0.3) is 0 Å². The summed E-state index contributed by atoms with van der Waals surface area (Å²) in [4.78, 5) is 28.3. The number of rotatable bonds is 5. The van der Waals surface area contributed by atoms with Crippen LogP contribution >= 0.6 is 0 Å². The first-order chi connectivity index (χ1) is 18.4. The summed E-state index contributed by atoms with van der Waals surface area (Å²) in [6.07, 6.45) is 2.70. The van der Waals surface area contributed by atoms with Crippen LogP contribution in [0.15, 0.2) is 54.7 Å². The number of nitriles is 1. The number of piperidine rings is 1. The van der Waals surface area contributed by atoms with Gasteiger partial charge in [-0.05, 0) is 57.0 Å². The van der Waals surface area contributed by atoms with E-state index < -0.39 is 6.23 Å². The van der Waals surface area contributed by atoms with Crippen molar-refractivity contribution in [1.82, 2.24) is 14.9 Å². The van der Waals surface area contributed by atoms with Crippen molar-refractivity contribution in [3.8, 4) is 6.07 Å². The molecule has 0 saturated carbocycles. The molecule has 0 spiro atoms. The molecule has 2 aliphatic rings. The van der Waals surface area contributed by atoms with Gasteiger partial charge >= 0.3 is 0 Å². The van der Waals surface area contributed by atoms with E-state index in [1.54, 1.807) is 11.1 Å². The maximum atomic E-state index is 13.5. The third-order valence-electron chi connectivity index (χ3n) is 7.44. The van der Waals surface area contributed by atoms with Gasteiger partial charge in [-0.15, -0.1) is 0 Å². The monoisotopic (exact) mass is 511 g/mol. The number of hydrogen-bond acceptors (Lipinski definition) is 8. The second kappa shape index (κ2) is 11.1. The number of pyridine rings is 2. The third-order valence-corrected chi connectivity index (χ3v) is 7.44. The molecular formula is C29H33N7O2. The lowest BCUT2D eigenvalue weighted by atomic mass is 10.0. The molecule has 2 aliphatic heterocycles. The SMILES string of the molecule is Cc1nc(C)c(C(=O)N2CCN(c3ccccn3)C(O)C2)cc1NC1CCN(c2ccccc2C#N)CC1. The van der Waals surface area contributed by atoms with Gasteiger partial charge in [-0.2, -0.15) is 5.26 Å². The molecule has 2 saturated heterocycles. The first-order valence-corrected chi connectivity index (χ1v) is 13.1. The molecule has 1 atom stereocenters. The van der Waals surface area contributed by atoms with Crippen LogP contribution in [0.5, 0.6) is 0 Å². The van der Waals surface area contributed by atoms with Crippen molar-refractivity contribution in [1.29, 1.82) is 5.26 Å². The number of aliphatic hydroxyl groups is 1. The lowest BCUT2D eigenvalue weighted by Crippen LogP contribution is -2.55. The lowest BCUT2D eigenvalue weighted by Gasteiger charge is -2.39. The number of piperazine rings is 1. The average molecular weight is 512 g/mol. The molecule has 3 aromatic rings. The minimum absolute atomic E-state index is 0.124. The van der Waals surface area contributed by atoms with Gasteiger partial charge in [-0.1, -0.05) is 18.2 Å². The second-order valence-corrected chi connectivity index (χ2v) is 9.90. The van der Waals surface area contributed by atoms with Crippen LogP contribution in [0.4, 0.5) is 17.2 Å². The Morgan fingerprint density at radius 3 is 2.53 bits per heavy atom. The van der Waals surface area contributed by atoms with Gasteiger partial charge in [-0.25, -0.2) is 4.98 Å². The van der Waals surface area contributed by atoms with E-state index in [-0.39, 0.29) is 18.5 Å². The second-order valence-electron chi connectivity index (χ2n) is 9.90. The van der Waals surface area contributed by atoms with Gasteiger partial charge in [0.1, 0.15) is 18.1 Å². The van der Waals surface area contributed by atoms with E-state index in [0.29, 0.717) is 35.7 Å². The van der Waals surface area contributed by atoms with Crippen molar-refractivity contribution < 1.29 is 9.90 Å². The van der Waals surface area contributed by atoms with Crippen LogP contribution in [0.1, 0.15) is 40.2 Å². The average Bonchev–Trinajstić information content (AvgIpc) is 2.95. The van der Waals surface area contributed by atoms with Gasteiger partial charge in [0.05, 0.1) is 40.4 Å². The van der Waals surface area contributed by atoms with E-state index in [9.17, 15) is 15.2 Å². The van der Waals surface area contributed by atoms with E-state index in [0.717, 1.165) is 43.0 Å². The van der Waals surface area contributed by atoms with Gasteiger partial charge in [0.25, 0.3) is 5.91 Å². The summed E-state index contributed by atoms with van der Waals surface area (Å²) >= 11 is 0. The molecule has 4 heterocycles. The summed E-state index contributed by atoms with van der Waals surface area (Å²) in [5.41, 5.74) is 4.64. The molecule has 0 aliphatic carbocycles. The fourth-order valence-corrected chi connectivity index (χ4v) is 5.33. The topological polar surface area (TPSA) is 109 Å². The number of amides is 1. The molecule has 196 valence electrons. The molecule has 2 fully saturated rings. The molecule has 1 unspecified atom stereocenters. The van der Waals surface area contributed by atoms with Gasteiger partial charge < -0.3 is 25.1 Å². The molecule has 1 aromatic carbocycles. The Kier molecular flexibility index (Phi) is 7.43. The van der Waals surface area contributed by atoms with E-state index in [1.807, 2.05) is 67.3 Å². The predicted molar refractivity (Wildman–Crippen MR) is 147 cm³/mol. The summed E-state index contributed by atoms with van der Waals surface area (Å²) in [6.45, 7) is 6.70. The maximum Gasteiger partial charge on any atom is 0.255 e.